The average Bonchev–Trinajstić information content (AvgIpc) is 2.56. The minimum absolute atomic E-state index is 0.0227. The first-order valence-electron chi connectivity index (χ1n) is 7.30. The van der Waals surface area contributed by atoms with E-state index < -0.39 is 17.6 Å². The smallest absolute Gasteiger partial charge is 0.270 e. The van der Waals surface area contributed by atoms with Crippen LogP contribution in [0.25, 0.3) is 6.08 Å². The number of anilines is 1. The van der Waals surface area contributed by atoms with Gasteiger partial charge in [-0.25, -0.2) is 4.39 Å². The number of amides is 2. The first kappa shape index (κ1) is 17.3. The van der Waals surface area contributed by atoms with Crippen molar-refractivity contribution in [3.8, 4) is 0 Å². The summed E-state index contributed by atoms with van der Waals surface area (Å²) in [5, 5.41) is 2.97. The number of thiocarbonyl (C=S) groups is 1. The Morgan fingerprint density at radius 3 is 2.52 bits per heavy atom. The van der Waals surface area contributed by atoms with Crippen LogP contribution in [0.4, 0.5) is 10.1 Å². The van der Waals surface area contributed by atoms with Gasteiger partial charge >= 0.3 is 0 Å². The van der Waals surface area contributed by atoms with Crippen LogP contribution in [-0.4, -0.2) is 16.9 Å². The maximum absolute atomic E-state index is 13.7. The van der Waals surface area contributed by atoms with Crippen molar-refractivity contribution in [2.75, 3.05) is 4.90 Å². The summed E-state index contributed by atoms with van der Waals surface area (Å²) in [6.45, 7) is 1.58. The molecule has 1 heterocycles. The molecule has 0 saturated carbocycles. The minimum atomic E-state index is -0.621. The largest absolute Gasteiger partial charge is 0.298 e. The number of nitrogens with zero attached hydrogens (tertiary/aromatic N) is 1. The van der Waals surface area contributed by atoms with Crippen LogP contribution in [0.15, 0.2) is 48.0 Å². The van der Waals surface area contributed by atoms with Gasteiger partial charge in [0.15, 0.2) is 5.11 Å². The van der Waals surface area contributed by atoms with Crippen LogP contribution < -0.4 is 10.2 Å². The lowest BCUT2D eigenvalue weighted by atomic mass is 10.0. The molecule has 25 heavy (non-hydrogen) atoms. The van der Waals surface area contributed by atoms with E-state index in [-0.39, 0.29) is 10.7 Å². The molecular weight excluding hydrogens is 363 g/mol. The van der Waals surface area contributed by atoms with Crippen molar-refractivity contribution in [2.45, 2.75) is 6.92 Å². The molecule has 0 atom stereocenters. The molecule has 0 unspecified atom stereocenters. The molecule has 2 aromatic carbocycles. The molecule has 1 saturated heterocycles. The molecule has 0 bridgehead atoms. The molecular formula is C18H12ClFN2O2S. The molecule has 0 aromatic heterocycles. The monoisotopic (exact) mass is 374 g/mol. The molecule has 2 aromatic rings. The van der Waals surface area contributed by atoms with Crippen molar-refractivity contribution in [3.63, 3.8) is 0 Å². The van der Waals surface area contributed by atoms with Gasteiger partial charge in [0.2, 0.25) is 0 Å². The zero-order valence-corrected chi connectivity index (χ0v) is 14.6. The Balaban J connectivity index is 2.05. The standard InChI is InChI=1S/C18H12ClFN2O2S/c1-10-11(3-2-4-15(10)20)9-14-16(23)21-18(25)22(17(14)24)13-7-5-12(19)6-8-13/h2-9H,1H3,(H,21,23,25). The van der Waals surface area contributed by atoms with Crippen LogP contribution in [0.2, 0.25) is 5.02 Å². The quantitative estimate of drug-likeness (QED) is 0.496. The van der Waals surface area contributed by atoms with Crippen molar-refractivity contribution < 1.29 is 14.0 Å². The van der Waals surface area contributed by atoms with E-state index in [2.05, 4.69) is 5.32 Å². The predicted molar refractivity (Wildman–Crippen MR) is 98.8 cm³/mol. The lowest BCUT2D eigenvalue weighted by Crippen LogP contribution is -2.54. The van der Waals surface area contributed by atoms with Gasteiger partial charge in [-0.05, 0) is 66.7 Å². The Kier molecular flexibility index (Phi) is 4.65. The third-order valence-electron chi connectivity index (χ3n) is 3.80. The molecule has 7 heteroatoms. The molecule has 1 N–H and O–H groups in total. The van der Waals surface area contributed by atoms with Gasteiger partial charge in [0.05, 0.1) is 5.69 Å². The second-order valence-corrected chi connectivity index (χ2v) is 6.21. The third-order valence-corrected chi connectivity index (χ3v) is 4.33. The van der Waals surface area contributed by atoms with Gasteiger partial charge in [-0.2, -0.15) is 0 Å². The Hall–Kier alpha value is -2.57. The normalized spacial score (nSPS) is 16.4. The lowest BCUT2D eigenvalue weighted by molar-refractivity contribution is -0.122. The summed E-state index contributed by atoms with van der Waals surface area (Å²) >= 11 is 11.0. The van der Waals surface area contributed by atoms with Crippen molar-refractivity contribution in [3.05, 3.63) is 70.0 Å². The van der Waals surface area contributed by atoms with Crippen LogP contribution in [-0.2, 0) is 9.59 Å². The average molecular weight is 375 g/mol. The van der Waals surface area contributed by atoms with E-state index in [4.69, 9.17) is 23.8 Å². The molecule has 1 fully saturated rings. The minimum Gasteiger partial charge on any atom is -0.298 e. The van der Waals surface area contributed by atoms with E-state index in [0.29, 0.717) is 21.8 Å². The predicted octanol–water partition coefficient (Wildman–Crippen LogP) is 3.62. The summed E-state index contributed by atoms with van der Waals surface area (Å²) in [5.74, 6) is -1.62. The topological polar surface area (TPSA) is 49.4 Å². The molecule has 0 radical (unpaired) electrons. The number of rotatable bonds is 2. The molecule has 4 nitrogen and oxygen atoms in total. The zero-order valence-electron chi connectivity index (χ0n) is 13.0. The summed E-state index contributed by atoms with van der Waals surface area (Å²) in [5.41, 5.74) is 1.14. The highest BCUT2D eigenvalue weighted by atomic mass is 35.5. The van der Waals surface area contributed by atoms with Crippen LogP contribution >= 0.6 is 23.8 Å². The van der Waals surface area contributed by atoms with Crippen molar-refractivity contribution in [1.29, 1.82) is 0 Å². The maximum atomic E-state index is 13.7. The number of hydrogen-bond donors (Lipinski definition) is 1. The van der Waals surface area contributed by atoms with Crippen molar-refractivity contribution in [2.24, 2.45) is 0 Å². The van der Waals surface area contributed by atoms with Crippen molar-refractivity contribution in [1.82, 2.24) is 5.32 Å². The van der Waals surface area contributed by atoms with E-state index >= 15 is 0 Å². The first-order chi connectivity index (χ1) is 11.9. The Bertz CT molecular complexity index is 925. The summed E-state index contributed by atoms with van der Waals surface area (Å²) < 4.78 is 13.7. The van der Waals surface area contributed by atoms with Gasteiger partial charge in [-0.15, -0.1) is 0 Å². The molecule has 1 aliphatic rings. The zero-order chi connectivity index (χ0) is 18.1. The van der Waals surface area contributed by atoms with Crippen LogP contribution in [0.1, 0.15) is 11.1 Å². The number of halogens is 2. The highest BCUT2D eigenvalue weighted by Gasteiger charge is 2.34. The number of benzene rings is 2. The number of nitrogens with one attached hydrogen (secondary N) is 1. The first-order valence-corrected chi connectivity index (χ1v) is 8.09. The van der Waals surface area contributed by atoms with Gasteiger partial charge in [0, 0.05) is 5.02 Å². The third kappa shape index (κ3) is 3.31. The SMILES string of the molecule is Cc1c(F)cccc1C=C1C(=O)NC(=S)N(c2ccc(Cl)cc2)C1=O. The van der Waals surface area contributed by atoms with Gasteiger partial charge in [-0.3, -0.25) is 19.8 Å². The molecule has 3 rings (SSSR count). The molecule has 0 aliphatic carbocycles. The molecule has 2 amide bonds. The Labute approximate surface area is 153 Å². The summed E-state index contributed by atoms with van der Waals surface area (Å²) in [7, 11) is 0. The maximum Gasteiger partial charge on any atom is 0.270 e. The van der Waals surface area contributed by atoms with Crippen molar-refractivity contribution >= 4 is 52.5 Å². The van der Waals surface area contributed by atoms with E-state index in [1.54, 1.807) is 37.3 Å². The fourth-order valence-corrected chi connectivity index (χ4v) is 2.83. The van der Waals surface area contributed by atoms with Crippen LogP contribution in [0.3, 0.4) is 0 Å². The number of carbonyl (C=O) groups is 2. The van der Waals surface area contributed by atoms with Gasteiger partial charge in [-0.1, -0.05) is 23.7 Å². The summed E-state index contributed by atoms with van der Waals surface area (Å²) in [4.78, 5) is 26.2. The Morgan fingerprint density at radius 1 is 1.16 bits per heavy atom. The van der Waals surface area contributed by atoms with E-state index in [1.807, 2.05) is 0 Å². The lowest BCUT2D eigenvalue weighted by Gasteiger charge is -2.29. The fraction of sp³-hybridized carbons (Fsp3) is 0.0556. The summed E-state index contributed by atoms with van der Waals surface area (Å²) in [6, 6.07) is 10.9. The fourth-order valence-electron chi connectivity index (χ4n) is 2.42. The molecule has 0 spiro atoms. The molecule has 1 aliphatic heterocycles. The van der Waals surface area contributed by atoms with Crippen LogP contribution in [0, 0.1) is 12.7 Å². The summed E-state index contributed by atoms with van der Waals surface area (Å²) in [6.07, 6.45) is 1.36. The Morgan fingerprint density at radius 2 is 1.84 bits per heavy atom. The van der Waals surface area contributed by atoms with E-state index in [1.165, 1.54) is 23.1 Å². The van der Waals surface area contributed by atoms with Gasteiger partial charge in [0.1, 0.15) is 11.4 Å². The number of hydrogen-bond acceptors (Lipinski definition) is 3. The van der Waals surface area contributed by atoms with Gasteiger partial charge in [0.25, 0.3) is 11.8 Å². The highest BCUT2D eigenvalue weighted by molar-refractivity contribution is 7.80. The second kappa shape index (κ2) is 6.74. The number of carbonyl (C=O) groups excluding carboxylic acids is 2. The highest BCUT2D eigenvalue weighted by Crippen LogP contribution is 2.24. The van der Waals surface area contributed by atoms with Gasteiger partial charge < -0.3 is 0 Å². The van der Waals surface area contributed by atoms with E-state index in [0.717, 1.165) is 0 Å². The van der Waals surface area contributed by atoms with E-state index in [9.17, 15) is 14.0 Å². The second-order valence-electron chi connectivity index (χ2n) is 5.39. The molecule has 126 valence electrons. The van der Waals surface area contributed by atoms with Crippen LogP contribution in [0.5, 0.6) is 0 Å².